The van der Waals surface area contributed by atoms with Crippen LogP contribution >= 0.6 is 15.9 Å². The van der Waals surface area contributed by atoms with E-state index in [-0.39, 0.29) is 30.0 Å². The maximum atomic E-state index is 13.9. The van der Waals surface area contributed by atoms with Crippen molar-refractivity contribution in [3.8, 4) is 17.2 Å². The van der Waals surface area contributed by atoms with E-state index >= 15 is 0 Å². The van der Waals surface area contributed by atoms with Crippen molar-refractivity contribution in [3.05, 3.63) is 62.4 Å². The molecular formula is C21H17BrF3NO5. The summed E-state index contributed by atoms with van der Waals surface area (Å²) in [6, 6.07) is 9.23. The third kappa shape index (κ3) is 4.28. The maximum Gasteiger partial charge on any atom is 0.453 e. The molecule has 3 aromatic rings. The van der Waals surface area contributed by atoms with E-state index < -0.39 is 23.1 Å². The summed E-state index contributed by atoms with van der Waals surface area (Å²) < 4.78 is 63.3. The van der Waals surface area contributed by atoms with Crippen LogP contribution in [0.15, 0.2) is 50.1 Å². The Hall–Kier alpha value is -2.56. The molecule has 0 fully saturated rings. The SMILES string of the molecule is COCCN1COc2ccc3c(=O)c(Oc4ccccc4Br)c(C(F)(F)F)oc3c2C1. The van der Waals surface area contributed by atoms with Crippen LogP contribution in [-0.2, 0) is 17.5 Å². The summed E-state index contributed by atoms with van der Waals surface area (Å²) in [5.74, 6) is -1.98. The van der Waals surface area contributed by atoms with Gasteiger partial charge in [0.1, 0.15) is 23.8 Å². The number of hydrogen-bond acceptors (Lipinski definition) is 6. The molecule has 0 radical (unpaired) electrons. The van der Waals surface area contributed by atoms with Gasteiger partial charge in [0.2, 0.25) is 11.2 Å². The van der Waals surface area contributed by atoms with Gasteiger partial charge >= 0.3 is 6.18 Å². The van der Waals surface area contributed by atoms with Gasteiger partial charge in [0, 0.05) is 20.2 Å². The Morgan fingerprint density at radius 3 is 2.68 bits per heavy atom. The van der Waals surface area contributed by atoms with E-state index in [4.69, 9.17) is 18.6 Å². The van der Waals surface area contributed by atoms with Crippen LogP contribution in [-0.4, -0.2) is 31.9 Å². The zero-order valence-corrected chi connectivity index (χ0v) is 17.9. The summed E-state index contributed by atoms with van der Waals surface area (Å²) in [4.78, 5) is 14.9. The van der Waals surface area contributed by atoms with E-state index in [1.165, 1.54) is 12.1 Å². The molecule has 10 heteroatoms. The number of ether oxygens (including phenoxy) is 3. The second kappa shape index (κ2) is 8.52. The molecule has 1 aliphatic rings. The second-order valence-electron chi connectivity index (χ2n) is 6.86. The molecule has 0 bridgehead atoms. The number of benzene rings is 2. The lowest BCUT2D eigenvalue weighted by atomic mass is 10.1. The van der Waals surface area contributed by atoms with Crippen molar-refractivity contribution >= 4 is 26.9 Å². The minimum atomic E-state index is -4.95. The molecule has 1 aliphatic heterocycles. The summed E-state index contributed by atoms with van der Waals surface area (Å²) in [5.41, 5.74) is -0.715. The van der Waals surface area contributed by atoms with Gasteiger partial charge < -0.3 is 18.6 Å². The van der Waals surface area contributed by atoms with Crippen LogP contribution in [0, 0.1) is 0 Å². The van der Waals surface area contributed by atoms with Gasteiger partial charge in [0.05, 0.1) is 22.0 Å². The van der Waals surface area contributed by atoms with Crippen molar-refractivity contribution in [1.29, 1.82) is 0 Å². The summed E-state index contributed by atoms with van der Waals surface area (Å²) in [5, 5.41) is -0.0222. The van der Waals surface area contributed by atoms with Crippen molar-refractivity contribution < 1.29 is 31.8 Å². The topological polar surface area (TPSA) is 61.1 Å². The lowest BCUT2D eigenvalue weighted by Gasteiger charge is -2.29. The highest BCUT2D eigenvalue weighted by molar-refractivity contribution is 9.10. The number of fused-ring (bicyclic) bond motifs is 3. The molecule has 31 heavy (non-hydrogen) atoms. The van der Waals surface area contributed by atoms with E-state index in [0.29, 0.717) is 28.9 Å². The molecule has 2 heterocycles. The van der Waals surface area contributed by atoms with Gasteiger partial charge in [0.25, 0.3) is 5.76 Å². The fourth-order valence-electron chi connectivity index (χ4n) is 3.27. The molecule has 0 N–H and O–H groups in total. The predicted octanol–water partition coefficient (Wildman–Crippen LogP) is 5.16. The molecule has 0 amide bonds. The molecule has 0 atom stereocenters. The standard InChI is InChI=1S/C21H17BrF3NO5/c1-28-9-8-26-10-13-15(29-11-26)7-6-12-17(27)19(20(21(23,24)25)31-18(12)13)30-16-5-3-2-4-14(16)22/h2-7H,8-11H2,1H3. The number of hydrogen-bond donors (Lipinski definition) is 0. The molecule has 1 aromatic heterocycles. The van der Waals surface area contributed by atoms with Gasteiger partial charge in [-0.25, -0.2) is 0 Å². The number of para-hydroxylation sites is 1. The van der Waals surface area contributed by atoms with Crippen LogP contribution in [0.5, 0.6) is 17.2 Å². The van der Waals surface area contributed by atoms with Crippen LogP contribution in [0.2, 0.25) is 0 Å². The third-order valence-electron chi connectivity index (χ3n) is 4.78. The molecule has 4 rings (SSSR count). The summed E-state index contributed by atoms with van der Waals surface area (Å²) in [7, 11) is 1.55. The van der Waals surface area contributed by atoms with E-state index in [9.17, 15) is 18.0 Å². The molecule has 2 aromatic carbocycles. The van der Waals surface area contributed by atoms with Crippen LogP contribution in [0.25, 0.3) is 11.0 Å². The Balaban J connectivity index is 1.88. The Morgan fingerprint density at radius 1 is 1.19 bits per heavy atom. The number of alkyl halides is 3. The predicted molar refractivity (Wildman–Crippen MR) is 109 cm³/mol. The highest BCUT2D eigenvalue weighted by Crippen LogP contribution is 2.41. The van der Waals surface area contributed by atoms with Crippen molar-refractivity contribution in [2.24, 2.45) is 0 Å². The molecule has 6 nitrogen and oxygen atoms in total. The van der Waals surface area contributed by atoms with E-state index in [1.54, 1.807) is 31.4 Å². The van der Waals surface area contributed by atoms with Crippen LogP contribution in [0.1, 0.15) is 11.3 Å². The zero-order chi connectivity index (χ0) is 22.2. The van der Waals surface area contributed by atoms with E-state index in [0.717, 1.165) is 0 Å². The molecule has 0 saturated carbocycles. The fraction of sp³-hybridized carbons (Fsp3) is 0.286. The Bertz CT molecular complexity index is 1180. The highest BCUT2D eigenvalue weighted by Gasteiger charge is 2.41. The Morgan fingerprint density at radius 2 is 1.97 bits per heavy atom. The summed E-state index contributed by atoms with van der Waals surface area (Å²) in [6.45, 7) is 1.43. The van der Waals surface area contributed by atoms with Crippen molar-refractivity contribution in [3.63, 3.8) is 0 Å². The average molecular weight is 500 g/mol. The first-order valence-corrected chi connectivity index (χ1v) is 10.0. The largest absolute Gasteiger partial charge is 0.478 e. The highest BCUT2D eigenvalue weighted by atomic mass is 79.9. The second-order valence-corrected chi connectivity index (χ2v) is 7.71. The van der Waals surface area contributed by atoms with Gasteiger partial charge in [-0.2, -0.15) is 13.2 Å². The monoisotopic (exact) mass is 499 g/mol. The van der Waals surface area contributed by atoms with Gasteiger partial charge in [-0.05, 0) is 40.2 Å². The van der Waals surface area contributed by atoms with Crippen molar-refractivity contribution in [2.45, 2.75) is 12.7 Å². The fourth-order valence-corrected chi connectivity index (χ4v) is 3.64. The number of rotatable bonds is 5. The lowest BCUT2D eigenvalue weighted by molar-refractivity contribution is -0.154. The first kappa shape index (κ1) is 21.7. The first-order valence-electron chi connectivity index (χ1n) is 9.26. The molecule has 0 saturated heterocycles. The van der Waals surface area contributed by atoms with Crippen molar-refractivity contribution in [2.75, 3.05) is 27.0 Å². The average Bonchev–Trinajstić information content (AvgIpc) is 2.74. The molecule has 0 aliphatic carbocycles. The lowest BCUT2D eigenvalue weighted by Crippen LogP contribution is -2.34. The van der Waals surface area contributed by atoms with Gasteiger partial charge in [0.15, 0.2) is 0 Å². The van der Waals surface area contributed by atoms with Crippen molar-refractivity contribution in [1.82, 2.24) is 4.90 Å². The van der Waals surface area contributed by atoms with E-state index in [1.807, 2.05) is 4.90 Å². The Labute approximate surface area is 183 Å². The molecule has 0 unspecified atom stereocenters. The number of halogens is 4. The van der Waals surface area contributed by atoms with Crippen LogP contribution < -0.4 is 14.9 Å². The van der Waals surface area contributed by atoms with Gasteiger partial charge in [-0.15, -0.1) is 0 Å². The van der Waals surface area contributed by atoms with Crippen LogP contribution in [0.4, 0.5) is 13.2 Å². The first-order chi connectivity index (χ1) is 14.8. The minimum absolute atomic E-state index is 0.0222. The molecule has 0 spiro atoms. The quantitative estimate of drug-likeness (QED) is 0.482. The third-order valence-corrected chi connectivity index (χ3v) is 5.44. The Kier molecular flexibility index (Phi) is 5.96. The molecule has 164 valence electrons. The number of nitrogens with zero attached hydrogens (tertiary/aromatic N) is 1. The molecular weight excluding hydrogens is 483 g/mol. The van der Waals surface area contributed by atoms with Gasteiger partial charge in [-0.3, -0.25) is 9.69 Å². The number of methoxy groups -OCH3 is 1. The van der Waals surface area contributed by atoms with Crippen LogP contribution in [0.3, 0.4) is 0 Å². The normalized spacial score (nSPS) is 14.4. The smallest absolute Gasteiger partial charge is 0.453 e. The minimum Gasteiger partial charge on any atom is -0.478 e. The summed E-state index contributed by atoms with van der Waals surface area (Å²) >= 11 is 3.21. The zero-order valence-electron chi connectivity index (χ0n) is 16.3. The maximum absolute atomic E-state index is 13.9. The summed E-state index contributed by atoms with van der Waals surface area (Å²) in [6.07, 6.45) is -4.95. The van der Waals surface area contributed by atoms with Gasteiger partial charge in [-0.1, -0.05) is 12.1 Å². The van der Waals surface area contributed by atoms with E-state index in [2.05, 4.69) is 15.9 Å².